The molecule has 0 atom stereocenters. The minimum Gasteiger partial charge on any atom is -0.393 e. The van der Waals surface area contributed by atoms with E-state index in [2.05, 4.69) is 34.1 Å². The van der Waals surface area contributed by atoms with Gasteiger partial charge in [-0.2, -0.15) is 0 Å². The fourth-order valence-corrected chi connectivity index (χ4v) is 3.74. The van der Waals surface area contributed by atoms with Gasteiger partial charge in [0, 0.05) is 33.4 Å². The number of rotatable bonds is 3. The van der Waals surface area contributed by atoms with Crippen LogP contribution in [0.4, 0.5) is 0 Å². The fourth-order valence-electron chi connectivity index (χ4n) is 2.56. The SMILES string of the molecule is O=C(/C=C/c1ccc(-c2ccc(Br)cc2)s1)N1CCC(O)CC1. The number of carbonyl (C=O) groups is 1. The van der Waals surface area contributed by atoms with Crippen molar-refractivity contribution in [2.45, 2.75) is 18.9 Å². The maximum absolute atomic E-state index is 12.1. The van der Waals surface area contributed by atoms with E-state index in [1.54, 1.807) is 22.3 Å². The largest absolute Gasteiger partial charge is 0.393 e. The van der Waals surface area contributed by atoms with Crippen LogP contribution < -0.4 is 0 Å². The van der Waals surface area contributed by atoms with Crippen molar-refractivity contribution < 1.29 is 9.90 Å². The molecule has 1 fully saturated rings. The highest BCUT2D eigenvalue weighted by molar-refractivity contribution is 9.10. The van der Waals surface area contributed by atoms with Crippen molar-refractivity contribution in [1.82, 2.24) is 4.90 Å². The number of halogens is 1. The molecule has 5 heteroatoms. The third kappa shape index (κ3) is 4.31. The van der Waals surface area contributed by atoms with Gasteiger partial charge in [-0.05, 0) is 48.7 Å². The molecular formula is C18H18BrNO2S. The van der Waals surface area contributed by atoms with Crippen LogP contribution in [0.5, 0.6) is 0 Å². The van der Waals surface area contributed by atoms with Gasteiger partial charge >= 0.3 is 0 Å². The molecule has 0 aliphatic carbocycles. The zero-order chi connectivity index (χ0) is 16.2. The van der Waals surface area contributed by atoms with Crippen molar-refractivity contribution in [3.63, 3.8) is 0 Å². The van der Waals surface area contributed by atoms with Crippen LogP contribution in [0.2, 0.25) is 0 Å². The minimum absolute atomic E-state index is 0.0236. The Morgan fingerprint density at radius 2 is 1.87 bits per heavy atom. The van der Waals surface area contributed by atoms with E-state index in [0.717, 1.165) is 9.35 Å². The first-order chi connectivity index (χ1) is 11.1. The standard InChI is InChI=1S/C18H18BrNO2S/c19-14-3-1-13(2-4-14)17-7-5-16(23-17)6-8-18(22)20-11-9-15(21)10-12-20/h1-8,15,21H,9-12H2/b8-6+. The van der Waals surface area contributed by atoms with Crippen LogP contribution in [-0.4, -0.2) is 35.1 Å². The van der Waals surface area contributed by atoms with Crippen LogP contribution in [-0.2, 0) is 4.79 Å². The van der Waals surface area contributed by atoms with E-state index in [0.29, 0.717) is 25.9 Å². The molecule has 3 nitrogen and oxygen atoms in total. The second kappa shape index (κ2) is 7.43. The monoisotopic (exact) mass is 391 g/mol. The second-order valence-corrected chi connectivity index (χ2v) is 7.63. The molecule has 0 radical (unpaired) electrons. The summed E-state index contributed by atoms with van der Waals surface area (Å²) in [6.07, 6.45) is 4.60. The van der Waals surface area contributed by atoms with Crippen molar-refractivity contribution in [3.8, 4) is 10.4 Å². The van der Waals surface area contributed by atoms with Crippen molar-refractivity contribution >= 4 is 39.2 Å². The van der Waals surface area contributed by atoms with Gasteiger partial charge in [0.25, 0.3) is 0 Å². The Kier molecular flexibility index (Phi) is 5.30. The maximum atomic E-state index is 12.1. The zero-order valence-electron chi connectivity index (χ0n) is 12.6. The number of piperidine rings is 1. The van der Waals surface area contributed by atoms with Crippen molar-refractivity contribution in [3.05, 3.63) is 51.8 Å². The number of amides is 1. The van der Waals surface area contributed by atoms with E-state index in [1.165, 1.54) is 10.4 Å². The topological polar surface area (TPSA) is 40.5 Å². The molecule has 1 aliphatic rings. The van der Waals surface area contributed by atoms with Crippen LogP contribution >= 0.6 is 27.3 Å². The number of likely N-dealkylation sites (tertiary alicyclic amines) is 1. The molecule has 3 rings (SSSR count). The number of carbonyl (C=O) groups excluding carboxylic acids is 1. The van der Waals surface area contributed by atoms with Crippen LogP contribution in [0.1, 0.15) is 17.7 Å². The van der Waals surface area contributed by atoms with Gasteiger partial charge < -0.3 is 10.0 Å². The Morgan fingerprint density at radius 1 is 1.17 bits per heavy atom. The molecule has 0 unspecified atom stereocenters. The normalized spacial score (nSPS) is 16.2. The number of nitrogens with zero attached hydrogens (tertiary/aromatic N) is 1. The lowest BCUT2D eigenvalue weighted by Crippen LogP contribution is -2.39. The van der Waals surface area contributed by atoms with Crippen LogP contribution in [0.3, 0.4) is 0 Å². The summed E-state index contributed by atoms with van der Waals surface area (Å²) < 4.78 is 1.06. The van der Waals surface area contributed by atoms with Gasteiger partial charge in [-0.1, -0.05) is 28.1 Å². The summed E-state index contributed by atoms with van der Waals surface area (Å²) in [4.78, 5) is 16.2. The summed E-state index contributed by atoms with van der Waals surface area (Å²) in [6.45, 7) is 1.28. The molecule has 23 heavy (non-hydrogen) atoms. The van der Waals surface area contributed by atoms with Gasteiger partial charge in [0.15, 0.2) is 0 Å². The zero-order valence-corrected chi connectivity index (χ0v) is 15.0. The number of hydrogen-bond donors (Lipinski definition) is 1. The van der Waals surface area contributed by atoms with Crippen LogP contribution in [0.15, 0.2) is 46.9 Å². The van der Waals surface area contributed by atoms with E-state index in [-0.39, 0.29) is 12.0 Å². The number of thiophene rings is 1. The first-order valence-electron chi connectivity index (χ1n) is 7.62. The smallest absolute Gasteiger partial charge is 0.246 e. The molecule has 1 N–H and O–H groups in total. The van der Waals surface area contributed by atoms with Crippen LogP contribution in [0.25, 0.3) is 16.5 Å². The van der Waals surface area contributed by atoms with E-state index in [1.807, 2.05) is 24.3 Å². The summed E-state index contributed by atoms with van der Waals surface area (Å²) in [5.74, 6) is 0.0236. The molecule has 0 spiro atoms. The molecule has 1 amide bonds. The Labute approximate surface area is 148 Å². The quantitative estimate of drug-likeness (QED) is 0.797. The highest BCUT2D eigenvalue weighted by Gasteiger charge is 2.19. The van der Waals surface area contributed by atoms with Gasteiger partial charge in [0.05, 0.1) is 6.10 Å². The molecule has 2 aromatic rings. The van der Waals surface area contributed by atoms with E-state index in [9.17, 15) is 9.90 Å². The highest BCUT2D eigenvalue weighted by Crippen LogP contribution is 2.29. The molecule has 0 saturated carbocycles. The summed E-state index contributed by atoms with van der Waals surface area (Å²) in [7, 11) is 0. The first kappa shape index (κ1) is 16.4. The average molecular weight is 392 g/mol. The summed E-state index contributed by atoms with van der Waals surface area (Å²) in [5.41, 5.74) is 1.18. The van der Waals surface area contributed by atoms with E-state index >= 15 is 0 Å². The third-order valence-corrected chi connectivity index (χ3v) is 5.55. The predicted octanol–water partition coefficient (Wildman–Crippen LogP) is 4.17. The second-order valence-electron chi connectivity index (χ2n) is 5.60. The fraction of sp³-hybridized carbons (Fsp3) is 0.278. The van der Waals surface area contributed by atoms with E-state index in [4.69, 9.17) is 0 Å². The first-order valence-corrected chi connectivity index (χ1v) is 9.23. The lowest BCUT2D eigenvalue weighted by Gasteiger charge is -2.28. The lowest BCUT2D eigenvalue weighted by molar-refractivity contribution is -0.127. The van der Waals surface area contributed by atoms with Gasteiger partial charge in [0.2, 0.25) is 5.91 Å². The van der Waals surface area contributed by atoms with Gasteiger partial charge in [-0.25, -0.2) is 0 Å². The molecule has 2 heterocycles. The third-order valence-electron chi connectivity index (χ3n) is 3.92. The number of hydrogen-bond acceptors (Lipinski definition) is 3. The van der Waals surface area contributed by atoms with Crippen molar-refractivity contribution in [1.29, 1.82) is 0 Å². The Bertz CT molecular complexity index is 700. The Balaban J connectivity index is 1.64. The van der Waals surface area contributed by atoms with E-state index < -0.39 is 0 Å². The number of aliphatic hydroxyl groups excluding tert-OH is 1. The number of benzene rings is 1. The minimum atomic E-state index is -0.256. The molecular weight excluding hydrogens is 374 g/mol. The van der Waals surface area contributed by atoms with Gasteiger partial charge in [0.1, 0.15) is 0 Å². The van der Waals surface area contributed by atoms with Gasteiger partial charge in [-0.15, -0.1) is 11.3 Å². The molecule has 120 valence electrons. The maximum Gasteiger partial charge on any atom is 0.246 e. The molecule has 0 bridgehead atoms. The summed E-state index contributed by atoms with van der Waals surface area (Å²) >= 11 is 5.11. The molecule has 1 aromatic heterocycles. The Hall–Kier alpha value is -1.43. The molecule has 1 saturated heterocycles. The average Bonchev–Trinajstić information content (AvgIpc) is 3.03. The summed E-state index contributed by atoms with van der Waals surface area (Å²) in [5, 5.41) is 9.49. The highest BCUT2D eigenvalue weighted by atomic mass is 79.9. The predicted molar refractivity (Wildman–Crippen MR) is 98.3 cm³/mol. The Morgan fingerprint density at radius 3 is 2.57 bits per heavy atom. The van der Waals surface area contributed by atoms with Crippen molar-refractivity contribution in [2.24, 2.45) is 0 Å². The molecule has 1 aliphatic heterocycles. The van der Waals surface area contributed by atoms with Gasteiger partial charge in [-0.3, -0.25) is 4.79 Å². The molecule has 1 aromatic carbocycles. The lowest BCUT2D eigenvalue weighted by atomic mass is 10.1. The summed E-state index contributed by atoms with van der Waals surface area (Å²) in [6, 6.07) is 12.3. The van der Waals surface area contributed by atoms with Crippen LogP contribution in [0, 0.1) is 0 Å². The van der Waals surface area contributed by atoms with Crippen molar-refractivity contribution in [2.75, 3.05) is 13.1 Å². The number of aliphatic hydroxyl groups is 1.